The molecule has 0 radical (unpaired) electrons. The van der Waals surface area contributed by atoms with E-state index in [0.29, 0.717) is 0 Å². The summed E-state index contributed by atoms with van der Waals surface area (Å²) in [4.78, 5) is 9.25. The van der Waals surface area contributed by atoms with Gasteiger partial charge in [0.1, 0.15) is 0 Å². The maximum absolute atomic E-state index is 9.25. The molecule has 0 spiro atoms. The quantitative estimate of drug-likeness (QED) is 0.363. The predicted molar refractivity (Wildman–Crippen MR) is 54.8 cm³/mol. The van der Waals surface area contributed by atoms with Crippen molar-refractivity contribution in [3.63, 3.8) is 0 Å². The van der Waals surface area contributed by atoms with Gasteiger partial charge in [0, 0.05) is 6.08 Å². The van der Waals surface area contributed by atoms with Gasteiger partial charge >= 0.3 is 5.97 Å². The van der Waals surface area contributed by atoms with Crippen molar-refractivity contribution in [3.05, 3.63) is 12.7 Å². The first-order valence-electron chi connectivity index (χ1n) is 3.26. The normalized spacial score (nSPS) is 7.82. The SMILES string of the molecule is C=CC(=O)O.SCCCCS. The summed E-state index contributed by atoms with van der Waals surface area (Å²) >= 11 is 8.04. The molecule has 0 aliphatic rings. The molecule has 0 aliphatic carbocycles. The summed E-state index contributed by atoms with van der Waals surface area (Å²) in [6.45, 7) is 2.96. The summed E-state index contributed by atoms with van der Waals surface area (Å²) < 4.78 is 0. The van der Waals surface area contributed by atoms with Crippen LogP contribution in [0.3, 0.4) is 0 Å². The van der Waals surface area contributed by atoms with Gasteiger partial charge in [-0.25, -0.2) is 4.79 Å². The summed E-state index contributed by atoms with van der Waals surface area (Å²) in [5, 5.41) is 7.60. The molecular weight excluding hydrogens is 180 g/mol. The Labute approximate surface area is 78.5 Å². The molecule has 0 heterocycles. The topological polar surface area (TPSA) is 37.3 Å². The van der Waals surface area contributed by atoms with Crippen LogP contribution in [0.15, 0.2) is 12.7 Å². The van der Waals surface area contributed by atoms with Crippen LogP contribution < -0.4 is 0 Å². The van der Waals surface area contributed by atoms with E-state index in [4.69, 9.17) is 5.11 Å². The molecule has 2 nitrogen and oxygen atoms in total. The average molecular weight is 194 g/mol. The zero-order valence-electron chi connectivity index (χ0n) is 6.36. The van der Waals surface area contributed by atoms with E-state index in [1.807, 2.05) is 0 Å². The van der Waals surface area contributed by atoms with E-state index in [-0.39, 0.29) is 0 Å². The average Bonchev–Trinajstić information content (AvgIpc) is 2.02. The Hall–Kier alpha value is -0.0900. The first-order valence-corrected chi connectivity index (χ1v) is 4.52. The number of aliphatic carboxylic acids is 1. The molecule has 1 N–H and O–H groups in total. The van der Waals surface area contributed by atoms with Gasteiger partial charge in [0.05, 0.1) is 0 Å². The molecule has 0 unspecified atom stereocenters. The highest BCUT2D eigenvalue weighted by Gasteiger charge is 1.76. The number of carbonyl (C=O) groups is 1. The van der Waals surface area contributed by atoms with Gasteiger partial charge < -0.3 is 5.11 Å². The fraction of sp³-hybridized carbons (Fsp3) is 0.571. The third kappa shape index (κ3) is 25.7. The minimum absolute atomic E-state index is 0.833. The second kappa shape index (κ2) is 12.6. The molecule has 66 valence electrons. The first-order chi connectivity index (χ1) is 5.18. The van der Waals surface area contributed by atoms with Crippen molar-refractivity contribution in [2.45, 2.75) is 12.8 Å². The van der Waals surface area contributed by atoms with Crippen LogP contribution in [0.4, 0.5) is 0 Å². The maximum atomic E-state index is 9.25. The van der Waals surface area contributed by atoms with E-state index in [1.165, 1.54) is 12.8 Å². The molecule has 0 atom stereocenters. The van der Waals surface area contributed by atoms with Crippen LogP contribution in [-0.2, 0) is 4.79 Å². The molecule has 11 heavy (non-hydrogen) atoms. The highest BCUT2D eigenvalue weighted by atomic mass is 32.1. The standard InChI is InChI=1S/C4H10S2.C3H4O2/c5-3-1-2-4-6;1-2-3(4)5/h5-6H,1-4H2;2H,1H2,(H,4,5). The molecule has 0 amide bonds. The largest absolute Gasteiger partial charge is 0.478 e. The fourth-order valence-electron chi connectivity index (χ4n) is 0.224. The summed E-state index contributed by atoms with van der Waals surface area (Å²) in [6.07, 6.45) is 3.24. The van der Waals surface area contributed by atoms with Gasteiger partial charge in [-0.3, -0.25) is 0 Å². The van der Waals surface area contributed by atoms with Gasteiger partial charge in [-0.1, -0.05) is 6.58 Å². The molecule has 4 heteroatoms. The van der Waals surface area contributed by atoms with Gasteiger partial charge in [0.2, 0.25) is 0 Å². The third-order valence-corrected chi connectivity index (χ3v) is 1.37. The van der Waals surface area contributed by atoms with Crippen LogP contribution >= 0.6 is 25.3 Å². The van der Waals surface area contributed by atoms with Crippen molar-refractivity contribution in [2.24, 2.45) is 0 Å². The minimum atomic E-state index is -0.981. The lowest BCUT2D eigenvalue weighted by Crippen LogP contribution is -1.82. The number of thiol groups is 2. The van der Waals surface area contributed by atoms with Gasteiger partial charge in [-0.2, -0.15) is 25.3 Å². The fourth-order valence-corrected chi connectivity index (χ4v) is 0.671. The molecule has 0 bridgehead atoms. The van der Waals surface area contributed by atoms with Crippen molar-refractivity contribution >= 4 is 31.2 Å². The number of carboxylic acid groups (broad SMARTS) is 1. The molecule has 0 aliphatic heterocycles. The Bertz CT molecular complexity index is 101. The molecule has 0 aromatic carbocycles. The molecule has 0 fully saturated rings. The van der Waals surface area contributed by atoms with Gasteiger partial charge in [-0.15, -0.1) is 0 Å². The zero-order valence-corrected chi connectivity index (χ0v) is 8.15. The second-order valence-corrected chi connectivity index (χ2v) is 2.59. The lowest BCUT2D eigenvalue weighted by molar-refractivity contribution is -0.131. The van der Waals surface area contributed by atoms with Crippen LogP contribution in [0, 0.1) is 0 Å². The summed E-state index contributed by atoms with van der Waals surface area (Å²) in [7, 11) is 0. The van der Waals surface area contributed by atoms with E-state index >= 15 is 0 Å². The van der Waals surface area contributed by atoms with Crippen LogP contribution in [-0.4, -0.2) is 22.6 Å². The van der Waals surface area contributed by atoms with Crippen LogP contribution in [0.1, 0.15) is 12.8 Å². The van der Waals surface area contributed by atoms with Gasteiger partial charge in [0.25, 0.3) is 0 Å². The van der Waals surface area contributed by atoms with Crippen molar-refractivity contribution < 1.29 is 9.90 Å². The Morgan fingerprint density at radius 2 is 1.64 bits per heavy atom. The minimum Gasteiger partial charge on any atom is -0.478 e. The van der Waals surface area contributed by atoms with Crippen molar-refractivity contribution in [2.75, 3.05) is 11.5 Å². The Morgan fingerprint density at radius 1 is 1.36 bits per heavy atom. The Balaban J connectivity index is 0. The van der Waals surface area contributed by atoms with Crippen LogP contribution in [0.25, 0.3) is 0 Å². The van der Waals surface area contributed by atoms with Gasteiger partial charge in [0.15, 0.2) is 0 Å². The Morgan fingerprint density at radius 3 is 1.73 bits per heavy atom. The summed E-state index contributed by atoms with van der Waals surface area (Å²) in [6, 6.07) is 0. The predicted octanol–water partition coefficient (Wildman–Crippen LogP) is 1.88. The lowest BCUT2D eigenvalue weighted by atomic mass is 10.4. The van der Waals surface area contributed by atoms with Crippen molar-refractivity contribution in [1.82, 2.24) is 0 Å². The number of carboxylic acids is 1. The summed E-state index contributed by atoms with van der Waals surface area (Å²) in [5.41, 5.74) is 0. The van der Waals surface area contributed by atoms with Crippen molar-refractivity contribution in [1.29, 1.82) is 0 Å². The monoisotopic (exact) mass is 194 g/mol. The number of rotatable bonds is 4. The second-order valence-electron chi connectivity index (χ2n) is 1.70. The van der Waals surface area contributed by atoms with Crippen LogP contribution in [0.2, 0.25) is 0 Å². The molecule has 0 aromatic heterocycles. The highest BCUT2D eigenvalue weighted by molar-refractivity contribution is 7.80. The van der Waals surface area contributed by atoms with Gasteiger partial charge in [-0.05, 0) is 24.3 Å². The van der Waals surface area contributed by atoms with E-state index < -0.39 is 5.97 Å². The molecular formula is C7H14O2S2. The third-order valence-electron chi connectivity index (χ3n) is 0.741. The van der Waals surface area contributed by atoms with Crippen LogP contribution in [0.5, 0.6) is 0 Å². The molecule has 0 aromatic rings. The number of hydrogen-bond donors (Lipinski definition) is 3. The molecule has 0 rings (SSSR count). The molecule has 0 saturated carbocycles. The summed E-state index contributed by atoms with van der Waals surface area (Å²) in [5.74, 6) is 1.02. The molecule has 0 saturated heterocycles. The zero-order chi connectivity index (χ0) is 9.11. The number of hydrogen-bond acceptors (Lipinski definition) is 3. The number of unbranched alkanes of at least 4 members (excludes halogenated alkanes) is 1. The smallest absolute Gasteiger partial charge is 0.327 e. The van der Waals surface area contributed by atoms with E-state index in [2.05, 4.69) is 31.8 Å². The highest BCUT2D eigenvalue weighted by Crippen LogP contribution is 1.91. The van der Waals surface area contributed by atoms with E-state index in [1.54, 1.807) is 0 Å². The lowest BCUT2D eigenvalue weighted by Gasteiger charge is -1.85. The van der Waals surface area contributed by atoms with E-state index in [0.717, 1.165) is 17.6 Å². The Kier molecular flexibility index (Phi) is 15.4. The van der Waals surface area contributed by atoms with E-state index in [9.17, 15) is 4.79 Å². The maximum Gasteiger partial charge on any atom is 0.327 e. The first kappa shape index (κ1) is 13.5. The van der Waals surface area contributed by atoms with Crippen molar-refractivity contribution in [3.8, 4) is 0 Å².